The number of rotatable bonds is 5. The maximum Gasteiger partial charge on any atom is 0.228 e. The summed E-state index contributed by atoms with van der Waals surface area (Å²) >= 11 is 1.71. The lowest BCUT2D eigenvalue weighted by molar-refractivity contribution is -0.137. The highest BCUT2D eigenvalue weighted by atomic mass is 32.1. The van der Waals surface area contributed by atoms with Crippen molar-refractivity contribution < 1.29 is 4.79 Å². The maximum absolute atomic E-state index is 13.2. The van der Waals surface area contributed by atoms with E-state index in [2.05, 4.69) is 35.7 Å². The summed E-state index contributed by atoms with van der Waals surface area (Å²) in [6, 6.07) is 4.33. The highest BCUT2D eigenvalue weighted by Gasteiger charge is 2.37. The molecule has 0 radical (unpaired) electrons. The molecule has 0 aromatic carbocycles. The Labute approximate surface area is 141 Å². The van der Waals surface area contributed by atoms with E-state index < -0.39 is 0 Å². The van der Waals surface area contributed by atoms with Crippen LogP contribution in [0, 0.1) is 5.92 Å². The van der Waals surface area contributed by atoms with E-state index in [0.29, 0.717) is 6.54 Å². The molecule has 2 atom stereocenters. The molecule has 1 N–H and O–H groups in total. The molecule has 23 heavy (non-hydrogen) atoms. The topological polar surface area (TPSA) is 50.2 Å². The lowest BCUT2D eigenvalue weighted by atomic mass is 9.89. The second kappa shape index (κ2) is 6.84. The van der Waals surface area contributed by atoms with Crippen LogP contribution in [-0.4, -0.2) is 39.7 Å². The number of hydrogen-bond acceptors (Lipinski definition) is 4. The van der Waals surface area contributed by atoms with E-state index in [1.807, 2.05) is 30.4 Å². The third kappa shape index (κ3) is 3.48. The SMILES string of the molecule is CC(C)N(Cc1cccs1)C(=O)[C@H]1CNC[C@@H]1c1cnn(C)c1. The first-order valence-electron chi connectivity index (χ1n) is 8.08. The summed E-state index contributed by atoms with van der Waals surface area (Å²) in [7, 11) is 1.92. The van der Waals surface area contributed by atoms with Crippen molar-refractivity contribution in [2.24, 2.45) is 13.0 Å². The molecule has 2 aromatic rings. The molecule has 5 nitrogen and oxygen atoms in total. The van der Waals surface area contributed by atoms with Gasteiger partial charge in [-0.15, -0.1) is 11.3 Å². The minimum Gasteiger partial charge on any atom is -0.335 e. The first-order valence-corrected chi connectivity index (χ1v) is 8.96. The van der Waals surface area contributed by atoms with Crippen LogP contribution in [0.15, 0.2) is 29.9 Å². The van der Waals surface area contributed by atoms with Gasteiger partial charge in [-0.05, 0) is 30.9 Å². The largest absolute Gasteiger partial charge is 0.335 e. The van der Waals surface area contributed by atoms with Gasteiger partial charge in [0.1, 0.15) is 0 Å². The van der Waals surface area contributed by atoms with Gasteiger partial charge in [0.25, 0.3) is 0 Å². The summed E-state index contributed by atoms with van der Waals surface area (Å²) in [5, 5.41) is 9.71. The normalized spacial score (nSPS) is 21.0. The quantitative estimate of drug-likeness (QED) is 0.913. The van der Waals surface area contributed by atoms with E-state index in [-0.39, 0.29) is 23.8 Å². The van der Waals surface area contributed by atoms with Crippen molar-refractivity contribution in [3.8, 4) is 0 Å². The van der Waals surface area contributed by atoms with Crippen LogP contribution in [0.1, 0.15) is 30.2 Å². The van der Waals surface area contributed by atoms with Crippen LogP contribution in [-0.2, 0) is 18.4 Å². The maximum atomic E-state index is 13.2. The number of hydrogen-bond donors (Lipinski definition) is 1. The van der Waals surface area contributed by atoms with Gasteiger partial charge in [-0.25, -0.2) is 0 Å². The molecule has 1 amide bonds. The fraction of sp³-hybridized carbons (Fsp3) is 0.529. The fourth-order valence-electron chi connectivity index (χ4n) is 3.22. The van der Waals surface area contributed by atoms with E-state index in [1.165, 1.54) is 4.88 Å². The van der Waals surface area contributed by atoms with Crippen molar-refractivity contribution in [1.82, 2.24) is 20.0 Å². The Kier molecular flexibility index (Phi) is 4.82. The molecular formula is C17H24N4OS. The van der Waals surface area contributed by atoms with Gasteiger partial charge in [0.05, 0.1) is 18.7 Å². The van der Waals surface area contributed by atoms with Crippen molar-refractivity contribution in [2.45, 2.75) is 32.4 Å². The van der Waals surface area contributed by atoms with Gasteiger partial charge in [-0.2, -0.15) is 5.10 Å². The average molecular weight is 332 g/mol. The van der Waals surface area contributed by atoms with Crippen LogP contribution in [0.4, 0.5) is 0 Å². The molecule has 0 aliphatic carbocycles. The molecule has 124 valence electrons. The van der Waals surface area contributed by atoms with Gasteiger partial charge in [-0.3, -0.25) is 9.48 Å². The fourth-order valence-corrected chi connectivity index (χ4v) is 3.92. The first kappa shape index (κ1) is 16.2. The molecule has 2 aromatic heterocycles. The second-order valence-corrected chi connectivity index (χ2v) is 7.49. The summed E-state index contributed by atoms with van der Waals surface area (Å²) in [5.41, 5.74) is 1.15. The van der Waals surface area contributed by atoms with Gasteiger partial charge in [0.2, 0.25) is 5.91 Å². The molecule has 3 heterocycles. The Hall–Kier alpha value is -1.66. The van der Waals surface area contributed by atoms with Gasteiger partial charge < -0.3 is 10.2 Å². The number of aryl methyl sites for hydroxylation is 1. The Morgan fingerprint density at radius 2 is 2.35 bits per heavy atom. The number of carbonyl (C=O) groups is 1. The average Bonchev–Trinajstić information content (AvgIpc) is 3.24. The van der Waals surface area contributed by atoms with Crippen LogP contribution in [0.3, 0.4) is 0 Å². The lowest BCUT2D eigenvalue weighted by Gasteiger charge is -2.30. The molecule has 3 rings (SSSR count). The zero-order chi connectivity index (χ0) is 16.4. The van der Waals surface area contributed by atoms with Crippen molar-refractivity contribution in [1.29, 1.82) is 0 Å². The first-order chi connectivity index (χ1) is 11.1. The Balaban J connectivity index is 1.78. The Bertz CT molecular complexity index is 649. The minimum atomic E-state index is -0.0124. The molecule has 1 aliphatic rings. The summed E-state index contributed by atoms with van der Waals surface area (Å²) in [5.74, 6) is 0.439. The number of amides is 1. The molecule has 0 spiro atoms. The predicted molar refractivity (Wildman–Crippen MR) is 92.3 cm³/mol. The van der Waals surface area contributed by atoms with E-state index >= 15 is 0 Å². The molecule has 0 saturated carbocycles. The number of aromatic nitrogens is 2. The predicted octanol–water partition coefficient (Wildman–Crippen LogP) is 2.22. The standard InChI is InChI=1S/C17H24N4OS/c1-12(2)21(11-14-5-4-6-23-14)17(22)16-9-18-8-15(16)13-7-19-20(3)10-13/h4-7,10,12,15-16,18H,8-9,11H2,1-3H3/t15-,16+/m1/s1. The smallest absolute Gasteiger partial charge is 0.228 e. The van der Waals surface area contributed by atoms with Gasteiger partial charge in [-0.1, -0.05) is 6.07 Å². The summed E-state index contributed by atoms with van der Waals surface area (Å²) < 4.78 is 1.81. The zero-order valence-corrected chi connectivity index (χ0v) is 14.7. The molecule has 1 fully saturated rings. The number of carbonyl (C=O) groups excluding carboxylic acids is 1. The Morgan fingerprint density at radius 1 is 1.52 bits per heavy atom. The second-order valence-electron chi connectivity index (χ2n) is 6.46. The van der Waals surface area contributed by atoms with Crippen LogP contribution in [0.5, 0.6) is 0 Å². The molecule has 1 saturated heterocycles. The van der Waals surface area contributed by atoms with Crippen molar-refractivity contribution in [3.63, 3.8) is 0 Å². The van der Waals surface area contributed by atoms with Gasteiger partial charge >= 0.3 is 0 Å². The van der Waals surface area contributed by atoms with E-state index in [1.54, 1.807) is 16.0 Å². The minimum absolute atomic E-state index is 0.0124. The van der Waals surface area contributed by atoms with Crippen LogP contribution < -0.4 is 5.32 Å². The van der Waals surface area contributed by atoms with E-state index in [0.717, 1.165) is 18.7 Å². The third-order valence-electron chi connectivity index (χ3n) is 4.50. The van der Waals surface area contributed by atoms with Crippen LogP contribution in [0.25, 0.3) is 0 Å². The molecule has 1 aliphatic heterocycles. The van der Waals surface area contributed by atoms with E-state index in [4.69, 9.17) is 0 Å². The van der Waals surface area contributed by atoms with Crippen LogP contribution >= 0.6 is 11.3 Å². The number of nitrogens with zero attached hydrogens (tertiary/aromatic N) is 3. The molecule has 6 heteroatoms. The lowest BCUT2D eigenvalue weighted by Crippen LogP contribution is -2.42. The molecule has 0 bridgehead atoms. The van der Waals surface area contributed by atoms with Crippen LogP contribution in [0.2, 0.25) is 0 Å². The van der Waals surface area contributed by atoms with E-state index in [9.17, 15) is 4.79 Å². The zero-order valence-electron chi connectivity index (χ0n) is 13.9. The molecular weight excluding hydrogens is 308 g/mol. The van der Waals surface area contributed by atoms with Gasteiger partial charge in [0.15, 0.2) is 0 Å². The summed E-state index contributed by atoms with van der Waals surface area (Å²) in [6.07, 6.45) is 3.91. The van der Waals surface area contributed by atoms with Crippen molar-refractivity contribution in [2.75, 3.05) is 13.1 Å². The number of nitrogens with one attached hydrogen (secondary N) is 1. The highest BCUT2D eigenvalue weighted by molar-refractivity contribution is 7.09. The van der Waals surface area contributed by atoms with Crippen molar-refractivity contribution >= 4 is 17.2 Å². The third-order valence-corrected chi connectivity index (χ3v) is 5.36. The summed E-state index contributed by atoms with van der Waals surface area (Å²) in [4.78, 5) is 16.4. The number of thiophene rings is 1. The molecule has 0 unspecified atom stereocenters. The highest BCUT2D eigenvalue weighted by Crippen LogP contribution is 2.30. The van der Waals surface area contributed by atoms with Crippen molar-refractivity contribution in [3.05, 3.63) is 40.3 Å². The van der Waals surface area contributed by atoms with Gasteiger partial charge in [0, 0.05) is 43.2 Å². The summed E-state index contributed by atoms with van der Waals surface area (Å²) in [6.45, 7) is 6.46. The Morgan fingerprint density at radius 3 is 2.96 bits per heavy atom. The monoisotopic (exact) mass is 332 g/mol.